The van der Waals surface area contributed by atoms with Crippen LogP contribution in [-0.4, -0.2) is 30.0 Å². The van der Waals surface area contributed by atoms with Gasteiger partial charge in [-0.25, -0.2) is 0 Å². The number of nitrogens with zero attached hydrogens (tertiary/aromatic N) is 1. The van der Waals surface area contributed by atoms with E-state index in [-0.39, 0.29) is 29.4 Å². The van der Waals surface area contributed by atoms with Crippen molar-refractivity contribution >= 4 is 29.2 Å². The number of benzene rings is 1. The lowest BCUT2D eigenvalue weighted by molar-refractivity contribution is -0.385. The van der Waals surface area contributed by atoms with Crippen LogP contribution in [-0.2, 0) is 9.53 Å². The van der Waals surface area contributed by atoms with Crippen molar-refractivity contribution < 1.29 is 19.2 Å². The molecule has 0 heterocycles. The van der Waals surface area contributed by atoms with Gasteiger partial charge in [-0.05, 0) is 19.1 Å². The Hall–Kier alpha value is -2.15. The highest BCUT2D eigenvalue weighted by molar-refractivity contribution is 6.31. The molecule has 1 N–H and O–H groups in total. The number of nitrogens with one attached hydrogen (secondary N) is 1. The van der Waals surface area contributed by atoms with E-state index in [4.69, 9.17) is 11.6 Å². The molecule has 0 radical (unpaired) electrons. The molecule has 0 aromatic heterocycles. The number of hydrogen-bond donors (Lipinski definition) is 1. The predicted molar refractivity (Wildman–Crippen MR) is 67.1 cm³/mol. The summed E-state index contributed by atoms with van der Waals surface area (Å²) in [4.78, 5) is 32.9. The van der Waals surface area contributed by atoms with E-state index in [1.165, 1.54) is 12.1 Å². The molecule has 0 unspecified atom stereocenters. The molecule has 8 heteroatoms. The summed E-state index contributed by atoms with van der Waals surface area (Å²) >= 11 is 5.68. The summed E-state index contributed by atoms with van der Waals surface area (Å²) < 4.78 is 4.62. The van der Waals surface area contributed by atoms with Crippen molar-refractivity contribution in [3.63, 3.8) is 0 Å². The van der Waals surface area contributed by atoms with Gasteiger partial charge < -0.3 is 10.1 Å². The van der Waals surface area contributed by atoms with E-state index in [1.54, 1.807) is 6.92 Å². The number of carbonyl (C=O) groups is 2. The molecule has 0 aliphatic carbocycles. The molecule has 1 aromatic rings. The molecule has 0 saturated carbocycles. The zero-order valence-corrected chi connectivity index (χ0v) is 10.8. The first kappa shape index (κ1) is 14.9. The van der Waals surface area contributed by atoms with E-state index in [9.17, 15) is 19.7 Å². The van der Waals surface area contributed by atoms with Crippen LogP contribution in [0.15, 0.2) is 18.2 Å². The van der Waals surface area contributed by atoms with Gasteiger partial charge in [-0.2, -0.15) is 0 Å². The predicted octanol–water partition coefficient (Wildman–Crippen LogP) is 1.54. The molecule has 0 saturated heterocycles. The first-order chi connectivity index (χ1) is 8.95. The Balaban J connectivity index is 2.84. The van der Waals surface area contributed by atoms with Gasteiger partial charge in [-0.3, -0.25) is 19.7 Å². The topological polar surface area (TPSA) is 98.5 Å². The Morgan fingerprint density at radius 3 is 2.74 bits per heavy atom. The van der Waals surface area contributed by atoms with Gasteiger partial charge in [0.05, 0.1) is 11.5 Å². The highest BCUT2D eigenvalue weighted by Gasteiger charge is 2.20. The van der Waals surface area contributed by atoms with E-state index in [1.807, 2.05) is 0 Å². The second kappa shape index (κ2) is 6.69. The van der Waals surface area contributed by atoms with Crippen LogP contribution in [0.4, 0.5) is 5.69 Å². The lowest BCUT2D eigenvalue weighted by Crippen LogP contribution is -2.31. The van der Waals surface area contributed by atoms with Crippen LogP contribution in [0.1, 0.15) is 17.3 Å². The Morgan fingerprint density at radius 2 is 2.16 bits per heavy atom. The third-order valence-electron chi connectivity index (χ3n) is 2.10. The van der Waals surface area contributed by atoms with E-state index < -0.39 is 16.8 Å². The van der Waals surface area contributed by atoms with Crippen molar-refractivity contribution in [1.82, 2.24) is 5.32 Å². The van der Waals surface area contributed by atoms with Crippen molar-refractivity contribution in [2.45, 2.75) is 6.92 Å². The molecule has 1 rings (SSSR count). The van der Waals surface area contributed by atoms with Gasteiger partial charge in [0.1, 0.15) is 12.1 Å². The second-order valence-electron chi connectivity index (χ2n) is 3.41. The fourth-order valence-electron chi connectivity index (χ4n) is 1.31. The number of carbonyl (C=O) groups excluding carboxylic acids is 2. The molecule has 1 aromatic carbocycles. The number of rotatable bonds is 5. The Bertz CT molecular complexity index is 518. The van der Waals surface area contributed by atoms with Gasteiger partial charge >= 0.3 is 5.97 Å². The van der Waals surface area contributed by atoms with Crippen LogP contribution >= 0.6 is 11.6 Å². The molecule has 0 bridgehead atoms. The average molecular weight is 287 g/mol. The largest absolute Gasteiger partial charge is 0.465 e. The minimum atomic E-state index is -0.762. The molecule has 1 amide bonds. The van der Waals surface area contributed by atoms with Gasteiger partial charge in [0.25, 0.3) is 11.6 Å². The summed E-state index contributed by atoms with van der Waals surface area (Å²) in [5, 5.41) is 13.2. The molecular weight excluding hydrogens is 276 g/mol. The maximum Gasteiger partial charge on any atom is 0.325 e. The van der Waals surface area contributed by atoms with Crippen LogP contribution in [0, 0.1) is 10.1 Å². The molecule has 0 atom stereocenters. The fourth-order valence-corrected chi connectivity index (χ4v) is 1.48. The number of hydrogen-bond acceptors (Lipinski definition) is 5. The van der Waals surface area contributed by atoms with Crippen LogP contribution in [0.25, 0.3) is 0 Å². The lowest BCUT2D eigenvalue weighted by Gasteiger charge is -2.05. The number of nitro benzene ring substituents is 1. The minimum Gasteiger partial charge on any atom is -0.465 e. The van der Waals surface area contributed by atoms with Gasteiger partial charge in [-0.15, -0.1) is 0 Å². The van der Waals surface area contributed by atoms with Crippen molar-refractivity contribution in [3.8, 4) is 0 Å². The first-order valence-corrected chi connectivity index (χ1v) is 5.71. The molecule has 0 aliphatic rings. The summed E-state index contributed by atoms with van der Waals surface area (Å²) in [7, 11) is 0. The normalized spacial score (nSPS) is 9.79. The summed E-state index contributed by atoms with van der Waals surface area (Å²) in [6.45, 7) is 1.45. The highest BCUT2D eigenvalue weighted by atomic mass is 35.5. The highest BCUT2D eigenvalue weighted by Crippen LogP contribution is 2.22. The van der Waals surface area contributed by atoms with E-state index in [2.05, 4.69) is 10.1 Å². The smallest absolute Gasteiger partial charge is 0.325 e. The van der Waals surface area contributed by atoms with Gasteiger partial charge in [-0.1, -0.05) is 11.6 Å². The first-order valence-electron chi connectivity index (χ1n) is 5.33. The average Bonchev–Trinajstić information content (AvgIpc) is 2.35. The van der Waals surface area contributed by atoms with Crippen LogP contribution in [0.2, 0.25) is 5.02 Å². The Morgan fingerprint density at radius 1 is 1.47 bits per heavy atom. The maximum atomic E-state index is 11.7. The zero-order chi connectivity index (χ0) is 14.4. The molecule has 0 spiro atoms. The molecule has 19 heavy (non-hydrogen) atoms. The van der Waals surface area contributed by atoms with E-state index >= 15 is 0 Å². The Labute approximate surface area is 113 Å². The fraction of sp³-hybridized carbons (Fsp3) is 0.273. The molecule has 0 fully saturated rings. The van der Waals surface area contributed by atoms with Crippen LogP contribution in [0.3, 0.4) is 0 Å². The number of nitro groups is 1. The van der Waals surface area contributed by atoms with Crippen molar-refractivity contribution in [3.05, 3.63) is 38.9 Å². The lowest BCUT2D eigenvalue weighted by atomic mass is 10.1. The van der Waals surface area contributed by atoms with Crippen molar-refractivity contribution in [2.75, 3.05) is 13.2 Å². The van der Waals surface area contributed by atoms with Crippen LogP contribution < -0.4 is 5.32 Å². The minimum absolute atomic E-state index is 0.187. The molecule has 0 aliphatic heterocycles. The number of ether oxygens (including phenoxy) is 1. The SMILES string of the molecule is CCOC(=O)CNC(=O)c1cc(Cl)ccc1[N+](=O)[O-]. The van der Waals surface area contributed by atoms with Gasteiger partial charge in [0.15, 0.2) is 0 Å². The van der Waals surface area contributed by atoms with E-state index in [0.717, 1.165) is 6.07 Å². The zero-order valence-electron chi connectivity index (χ0n) is 10.0. The number of esters is 1. The summed E-state index contributed by atoms with van der Waals surface area (Å²) in [5.74, 6) is -1.39. The third kappa shape index (κ3) is 4.22. The Kier molecular flexibility index (Phi) is 5.25. The summed E-state index contributed by atoms with van der Waals surface area (Å²) in [6, 6.07) is 3.60. The van der Waals surface area contributed by atoms with Gasteiger partial charge in [0, 0.05) is 11.1 Å². The molecule has 7 nitrogen and oxygen atoms in total. The van der Waals surface area contributed by atoms with Crippen molar-refractivity contribution in [1.29, 1.82) is 0 Å². The number of amides is 1. The van der Waals surface area contributed by atoms with E-state index in [0.29, 0.717) is 0 Å². The van der Waals surface area contributed by atoms with Crippen molar-refractivity contribution in [2.24, 2.45) is 0 Å². The third-order valence-corrected chi connectivity index (χ3v) is 2.33. The summed E-state index contributed by atoms with van der Waals surface area (Å²) in [6.07, 6.45) is 0. The summed E-state index contributed by atoms with van der Waals surface area (Å²) in [5.41, 5.74) is -0.590. The number of halogens is 1. The quantitative estimate of drug-likeness (QED) is 0.503. The standard InChI is InChI=1S/C11H11ClN2O5/c1-2-19-10(15)6-13-11(16)8-5-7(12)3-4-9(8)14(17)18/h3-5H,2,6H2,1H3,(H,13,16). The van der Waals surface area contributed by atoms with Gasteiger partial charge in [0.2, 0.25) is 0 Å². The monoisotopic (exact) mass is 286 g/mol. The molecular formula is C11H11ClN2O5. The second-order valence-corrected chi connectivity index (χ2v) is 3.84. The molecule has 102 valence electrons. The van der Waals surface area contributed by atoms with Crippen LogP contribution in [0.5, 0.6) is 0 Å². The maximum absolute atomic E-state index is 11.7.